The molecule has 0 aromatic heterocycles. The standard InChI is InChI=1S/C34H42ClN3O4S/c1-25-19-20-26(2)31(22-25)38(43(3,41)42)21-11-18-33(39)37(24-28-14-7-10-17-30(28)35)32(23-27-12-5-4-6-13-27)34(40)36-29-15-8-9-16-29/h4-7,10,12-14,17,19-20,22,29,32H,8-9,11,15-16,18,21,23-24H2,1-3H3,(H,36,40)/t32-/m0/s1. The second kappa shape index (κ2) is 14.9. The number of hydrogen-bond donors (Lipinski definition) is 1. The first kappa shape index (κ1) is 32.6. The highest BCUT2D eigenvalue weighted by molar-refractivity contribution is 7.92. The van der Waals surface area contributed by atoms with E-state index in [9.17, 15) is 18.0 Å². The number of nitrogens with zero attached hydrogens (tertiary/aromatic N) is 2. The molecule has 7 nitrogen and oxygen atoms in total. The molecular formula is C34H42ClN3O4S. The van der Waals surface area contributed by atoms with Crippen LogP contribution in [0.3, 0.4) is 0 Å². The van der Waals surface area contributed by atoms with E-state index in [1.54, 1.807) is 11.0 Å². The van der Waals surface area contributed by atoms with Crippen LogP contribution in [0.25, 0.3) is 0 Å². The van der Waals surface area contributed by atoms with Crippen molar-refractivity contribution in [3.05, 3.63) is 100 Å². The van der Waals surface area contributed by atoms with E-state index in [-0.39, 0.29) is 37.4 Å². The van der Waals surface area contributed by atoms with Crippen LogP contribution in [-0.4, -0.2) is 50.0 Å². The number of anilines is 1. The Hall–Kier alpha value is -3.36. The fraction of sp³-hybridized carbons (Fsp3) is 0.412. The minimum Gasteiger partial charge on any atom is -0.352 e. The van der Waals surface area contributed by atoms with E-state index in [2.05, 4.69) is 5.32 Å². The minimum atomic E-state index is -3.59. The Morgan fingerprint density at radius 3 is 2.33 bits per heavy atom. The molecule has 3 aromatic carbocycles. The molecule has 230 valence electrons. The van der Waals surface area contributed by atoms with Crippen LogP contribution in [0.1, 0.15) is 60.8 Å². The molecule has 4 rings (SSSR count). The molecule has 0 aliphatic heterocycles. The summed E-state index contributed by atoms with van der Waals surface area (Å²) in [6, 6.07) is 22.1. The molecule has 0 bridgehead atoms. The van der Waals surface area contributed by atoms with Crippen LogP contribution in [0.5, 0.6) is 0 Å². The van der Waals surface area contributed by atoms with Crippen molar-refractivity contribution in [2.75, 3.05) is 17.1 Å². The molecule has 1 atom stereocenters. The molecule has 9 heteroatoms. The molecule has 0 spiro atoms. The quantitative estimate of drug-likeness (QED) is 0.246. The van der Waals surface area contributed by atoms with Crippen molar-refractivity contribution in [1.82, 2.24) is 10.2 Å². The molecule has 1 N–H and O–H groups in total. The van der Waals surface area contributed by atoms with Crippen molar-refractivity contribution in [1.29, 1.82) is 0 Å². The summed E-state index contributed by atoms with van der Waals surface area (Å²) in [5.74, 6) is -0.402. The lowest BCUT2D eigenvalue weighted by atomic mass is 10.0. The highest BCUT2D eigenvalue weighted by Crippen LogP contribution is 2.26. The van der Waals surface area contributed by atoms with E-state index in [4.69, 9.17) is 11.6 Å². The number of aryl methyl sites for hydroxylation is 2. The van der Waals surface area contributed by atoms with E-state index < -0.39 is 16.1 Å². The topological polar surface area (TPSA) is 86.8 Å². The number of carbonyl (C=O) groups excluding carboxylic acids is 2. The predicted molar refractivity (Wildman–Crippen MR) is 174 cm³/mol. The van der Waals surface area contributed by atoms with Gasteiger partial charge in [0.05, 0.1) is 11.9 Å². The summed E-state index contributed by atoms with van der Waals surface area (Å²) in [6.45, 7) is 4.11. The van der Waals surface area contributed by atoms with Gasteiger partial charge in [-0.1, -0.05) is 85.1 Å². The Kier molecular flexibility index (Phi) is 11.3. The van der Waals surface area contributed by atoms with Gasteiger partial charge in [0.2, 0.25) is 21.8 Å². The molecule has 1 aliphatic carbocycles. The average Bonchev–Trinajstić information content (AvgIpc) is 3.48. The third-order valence-corrected chi connectivity index (χ3v) is 9.61. The molecule has 0 radical (unpaired) electrons. The van der Waals surface area contributed by atoms with Crippen LogP contribution in [0, 0.1) is 13.8 Å². The van der Waals surface area contributed by atoms with Crippen molar-refractivity contribution in [3.63, 3.8) is 0 Å². The Morgan fingerprint density at radius 1 is 0.977 bits per heavy atom. The van der Waals surface area contributed by atoms with Gasteiger partial charge >= 0.3 is 0 Å². The molecule has 1 aliphatic rings. The first-order chi connectivity index (χ1) is 20.5. The van der Waals surface area contributed by atoms with Crippen LogP contribution < -0.4 is 9.62 Å². The lowest BCUT2D eigenvalue weighted by Crippen LogP contribution is -2.52. The Labute approximate surface area is 261 Å². The number of hydrogen-bond acceptors (Lipinski definition) is 4. The van der Waals surface area contributed by atoms with Gasteiger partial charge < -0.3 is 10.2 Å². The normalized spacial score (nSPS) is 14.3. The van der Waals surface area contributed by atoms with E-state index in [0.29, 0.717) is 23.6 Å². The minimum absolute atomic E-state index is 0.0728. The van der Waals surface area contributed by atoms with Gasteiger partial charge in [-0.3, -0.25) is 13.9 Å². The van der Waals surface area contributed by atoms with Gasteiger partial charge in [0, 0.05) is 37.0 Å². The second-order valence-electron chi connectivity index (χ2n) is 11.5. The second-order valence-corrected chi connectivity index (χ2v) is 13.9. The summed E-state index contributed by atoms with van der Waals surface area (Å²) in [5, 5.41) is 3.73. The number of nitrogens with one attached hydrogen (secondary N) is 1. The molecule has 1 saturated carbocycles. The number of rotatable bonds is 13. The Bertz CT molecular complexity index is 1510. The van der Waals surface area contributed by atoms with E-state index in [1.165, 1.54) is 10.6 Å². The SMILES string of the molecule is Cc1ccc(C)c(N(CCCC(=O)N(Cc2ccccc2Cl)[C@@H](Cc2ccccc2)C(=O)NC2CCCC2)S(C)(=O)=O)c1. The van der Waals surface area contributed by atoms with E-state index >= 15 is 0 Å². The van der Waals surface area contributed by atoms with Crippen molar-refractivity contribution < 1.29 is 18.0 Å². The highest BCUT2D eigenvalue weighted by atomic mass is 35.5. The molecule has 1 fully saturated rings. The number of halogens is 1. The third kappa shape index (κ3) is 9.07. The summed E-state index contributed by atoms with van der Waals surface area (Å²) in [5.41, 5.74) is 4.10. The zero-order chi connectivity index (χ0) is 31.0. The van der Waals surface area contributed by atoms with Crippen molar-refractivity contribution in [2.24, 2.45) is 0 Å². The number of sulfonamides is 1. The first-order valence-corrected chi connectivity index (χ1v) is 17.2. The molecule has 0 unspecified atom stereocenters. The van der Waals surface area contributed by atoms with Crippen LogP contribution in [0.15, 0.2) is 72.8 Å². The first-order valence-electron chi connectivity index (χ1n) is 14.9. The van der Waals surface area contributed by atoms with Crippen LogP contribution in [0.4, 0.5) is 5.69 Å². The molecular weight excluding hydrogens is 582 g/mol. The van der Waals surface area contributed by atoms with Crippen molar-refractivity contribution in [2.45, 2.75) is 77.4 Å². The smallest absolute Gasteiger partial charge is 0.243 e. The molecule has 43 heavy (non-hydrogen) atoms. The summed E-state index contributed by atoms with van der Waals surface area (Å²) < 4.78 is 27.0. The molecule has 0 saturated heterocycles. The van der Waals surface area contributed by atoms with Crippen molar-refractivity contribution in [3.8, 4) is 0 Å². The van der Waals surface area contributed by atoms with E-state index in [1.807, 2.05) is 80.6 Å². The molecule has 2 amide bonds. The predicted octanol–water partition coefficient (Wildman–Crippen LogP) is 6.20. The number of benzene rings is 3. The zero-order valence-corrected chi connectivity index (χ0v) is 26.8. The maximum atomic E-state index is 14.1. The lowest BCUT2D eigenvalue weighted by molar-refractivity contribution is -0.141. The van der Waals surface area contributed by atoms with Gasteiger partial charge in [0.25, 0.3) is 0 Å². The van der Waals surface area contributed by atoms with Gasteiger partial charge in [0.15, 0.2) is 0 Å². The summed E-state index contributed by atoms with van der Waals surface area (Å²) in [6.07, 6.45) is 5.92. The summed E-state index contributed by atoms with van der Waals surface area (Å²) in [7, 11) is -3.59. The monoisotopic (exact) mass is 623 g/mol. The Morgan fingerprint density at radius 2 is 1.65 bits per heavy atom. The maximum Gasteiger partial charge on any atom is 0.243 e. The highest BCUT2D eigenvalue weighted by Gasteiger charge is 2.32. The van der Waals surface area contributed by atoms with Gasteiger partial charge in [-0.15, -0.1) is 0 Å². The van der Waals surface area contributed by atoms with Gasteiger partial charge in [-0.25, -0.2) is 8.42 Å². The number of amides is 2. The number of carbonyl (C=O) groups is 2. The molecule has 3 aromatic rings. The maximum absolute atomic E-state index is 14.1. The largest absolute Gasteiger partial charge is 0.352 e. The fourth-order valence-electron chi connectivity index (χ4n) is 5.70. The Balaban J connectivity index is 1.61. The van der Waals surface area contributed by atoms with Gasteiger partial charge in [-0.05, 0) is 67.5 Å². The average molecular weight is 624 g/mol. The van der Waals surface area contributed by atoms with Crippen LogP contribution in [0.2, 0.25) is 5.02 Å². The van der Waals surface area contributed by atoms with Crippen molar-refractivity contribution >= 4 is 39.1 Å². The summed E-state index contributed by atoms with van der Waals surface area (Å²) >= 11 is 6.53. The van der Waals surface area contributed by atoms with Gasteiger partial charge in [-0.2, -0.15) is 0 Å². The zero-order valence-electron chi connectivity index (χ0n) is 25.3. The van der Waals surface area contributed by atoms with E-state index in [0.717, 1.165) is 47.9 Å². The molecule has 0 heterocycles. The summed E-state index contributed by atoms with van der Waals surface area (Å²) in [4.78, 5) is 29.5. The third-order valence-electron chi connectivity index (χ3n) is 8.06. The van der Waals surface area contributed by atoms with Crippen LogP contribution in [-0.2, 0) is 32.6 Å². The van der Waals surface area contributed by atoms with Crippen LogP contribution >= 0.6 is 11.6 Å². The fourth-order valence-corrected chi connectivity index (χ4v) is 6.91. The van der Waals surface area contributed by atoms with Gasteiger partial charge in [0.1, 0.15) is 6.04 Å². The lowest BCUT2D eigenvalue weighted by Gasteiger charge is -2.33.